The van der Waals surface area contributed by atoms with Gasteiger partial charge in [-0.05, 0) is 23.6 Å². The molecule has 3 rings (SSSR count). The normalized spacial score (nSPS) is 11.6. The summed E-state index contributed by atoms with van der Waals surface area (Å²) in [7, 11) is 0. The number of hydrogen-bond acceptors (Lipinski definition) is 4. The lowest BCUT2D eigenvalue weighted by Gasteiger charge is -2.09. The molecule has 0 saturated carbocycles. The van der Waals surface area contributed by atoms with Gasteiger partial charge in [-0.2, -0.15) is 0 Å². The van der Waals surface area contributed by atoms with Gasteiger partial charge in [0, 0.05) is 18.8 Å². The minimum Gasteiger partial charge on any atom is -0.309 e. The third-order valence-corrected chi connectivity index (χ3v) is 5.02. The summed E-state index contributed by atoms with van der Waals surface area (Å²) in [6.07, 6.45) is 2.08. The van der Waals surface area contributed by atoms with Gasteiger partial charge in [0.2, 0.25) is 0 Å². The summed E-state index contributed by atoms with van der Waals surface area (Å²) in [5.74, 6) is 0. The zero-order valence-corrected chi connectivity index (χ0v) is 13.2. The van der Waals surface area contributed by atoms with Crippen LogP contribution in [0.15, 0.2) is 51.1 Å². The molecule has 20 heavy (non-hydrogen) atoms. The third-order valence-electron chi connectivity index (χ3n) is 2.96. The van der Waals surface area contributed by atoms with Crippen LogP contribution in [0, 0.1) is 0 Å². The van der Waals surface area contributed by atoms with Gasteiger partial charge >= 0.3 is 0 Å². The van der Waals surface area contributed by atoms with Gasteiger partial charge < -0.3 is 9.72 Å². The average molecular weight is 303 g/mol. The molecule has 5 heteroatoms. The first-order valence-corrected chi connectivity index (χ1v) is 8.34. The van der Waals surface area contributed by atoms with Crippen molar-refractivity contribution in [1.82, 2.24) is 14.7 Å². The number of imidazole rings is 1. The zero-order chi connectivity index (χ0) is 13.9. The lowest BCUT2D eigenvalue weighted by Crippen LogP contribution is -2.22. The van der Waals surface area contributed by atoms with Crippen LogP contribution in [0.25, 0.3) is 5.65 Å². The molecule has 3 heterocycles. The predicted octanol–water partition coefficient (Wildman–Crippen LogP) is 4.05. The topological polar surface area (TPSA) is 29.3 Å². The highest BCUT2D eigenvalue weighted by Gasteiger charge is 2.13. The van der Waals surface area contributed by atoms with Crippen LogP contribution in [-0.2, 0) is 6.54 Å². The fraction of sp³-hybridized carbons (Fsp3) is 0.267. The lowest BCUT2D eigenvalue weighted by molar-refractivity contribution is 0.574. The summed E-state index contributed by atoms with van der Waals surface area (Å²) in [5, 5.41) is 6.68. The molecule has 0 saturated heterocycles. The largest absolute Gasteiger partial charge is 0.309 e. The van der Waals surface area contributed by atoms with Crippen molar-refractivity contribution in [1.29, 1.82) is 0 Å². The number of hydrogen-bond donors (Lipinski definition) is 1. The Morgan fingerprint density at radius 2 is 2.20 bits per heavy atom. The molecule has 3 aromatic heterocycles. The van der Waals surface area contributed by atoms with Crippen LogP contribution in [-0.4, -0.2) is 15.4 Å². The minimum absolute atomic E-state index is 0.462. The van der Waals surface area contributed by atoms with E-state index in [1.807, 2.05) is 12.1 Å². The van der Waals surface area contributed by atoms with Gasteiger partial charge in [-0.25, -0.2) is 4.98 Å². The number of pyridine rings is 1. The molecule has 0 aliphatic rings. The second-order valence-corrected chi connectivity index (χ2v) is 7.10. The summed E-state index contributed by atoms with van der Waals surface area (Å²) in [4.78, 5) is 4.76. The van der Waals surface area contributed by atoms with Gasteiger partial charge in [0.1, 0.15) is 10.7 Å². The van der Waals surface area contributed by atoms with E-state index in [0.29, 0.717) is 6.04 Å². The van der Waals surface area contributed by atoms with E-state index in [4.69, 9.17) is 4.98 Å². The first-order valence-electron chi connectivity index (χ1n) is 6.65. The van der Waals surface area contributed by atoms with Crippen LogP contribution in [0.2, 0.25) is 0 Å². The van der Waals surface area contributed by atoms with Gasteiger partial charge in [0.25, 0.3) is 0 Å². The standard InChI is InChI=1S/C15H17N3S2/c1-11(2)16-10-12-15(20-14-7-5-9-19-14)17-13-6-3-4-8-18(12)13/h3-9,11,16H,10H2,1-2H3. The average Bonchev–Trinajstić information content (AvgIpc) is 3.04. The van der Waals surface area contributed by atoms with E-state index in [1.165, 1.54) is 9.90 Å². The summed E-state index contributed by atoms with van der Waals surface area (Å²) >= 11 is 3.50. The van der Waals surface area contributed by atoms with Crippen molar-refractivity contribution in [3.8, 4) is 0 Å². The van der Waals surface area contributed by atoms with Gasteiger partial charge in [-0.1, -0.05) is 37.7 Å². The molecule has 0 radical (unpaired) electrons. The number of nitrogens with one attached hydrogen (secondary N) is 1. The van der Waals surface area contributed by atoms with E-state index in [1.54, 1.807) is 23.1 Å². The van der Waals surface area contributed by atoms with Gasteiger partial charge in [0.15, 0.2) is 0 Å². The molecule has 0 unspecified atom stereocenters. The molecule has 104 valence electrons. The first-order chi connectivity index (χ1) is 9.74. The maximum absolute atomic E-state index is 4.76. The summed E-state index contributed by atoms with van der Waals surface area (Å²) in [6, 6.07) is 10.8. The molecule has 0 bridgehead atoms. The van der Waals surface area contributed by atoms with E-state index in [2.05, 4.69) is 53.3 Å². The molecule has 0 aromatic carbocycles. The number of rotatable bonds is 5. The van der Waals surface area contributed by atoms with Gasteiger partial charge in [0.05, 0.1) is 9.90 Å². The van der Waals surface area contributed by atoms with Crippen LogP contribution in [0.5, 0.6) is 0 Å². The molecule has 0 atom stereocenters. The number of aromatic nitrogens is 2. The van der Waals surface area contributed by atoms with Crippen molar-refractivity contribution in [3.05, 3.63) is 47.6 Å². The third kappa shape index (κ3) is 2.90. The van der Waals surface area contributed by atoms with Gasteiger partial charge in [-0.15, -0.1) is 11.3 Å². The van der Waals surface area contributed by atoms with Crippen LogP contribution in [0.4, 0.5) is 0 Å². The zero-order valence-electron chi connectivity index (χ0n) is 11.5. The van der Waals surface area contributed by atoms with Crippen LogP contribution in [0.3, 0.4) is 0 Å². The molecule has 0 aliphatic heterocycles. The molecule has 0 amide bonds. The van der Waals surface area contributed by atoms with E-state index in [-0.39, 0.29) is 0 Å². The van der Waals surface area contributed by atoms with Gasteiger partial charge in [-0.3, -0.25) is 0 Å². The van der Waals surface area contributed by atoms with Crippen molar-refractivity contribution < 1.29 is 0 Å². The van der Waals surface area contributed by atoms with Crippen molar-refractivity contribution in [2.45, 2.75) is 35.7 Å². The monoisotopic (exact) mass is 303 g/mol. The first kappa shape index (κ1) is 13.7. The van der Waals surface area contributed by atoms with E-state index in [9.17, 15) is 0 Å². The second kappa shape index (κ2) is 5.99. The quantitative estimate of drug-likeness (QED) is 0.771. The summed E-state index contributed by atoms with van der Waals surface area (Å²) < 4.78 is 3.45. The number of nitrogens with zero attached hydrogens (tertiary/aromatic N) is 2. The maximum atomic E-state index is 4.76. The Morgan fingerprint density at radius 3 is 2.95 bits per heavy atom. The highest BCUT2D eigenvalue weighted by atomic mass is 32.2. The number of fused-ring (bicyclic) bond motifs is 1. The van der Waals surface area contributed by atoms with Crippen molar-refractivity contribution in [2.75, 3.05) is 0 Å². The fourth-order valence-electron chi connectivity index (χ4n) is 1.99. The molecule has 0 spiro atoms. The van der Waals surface area contributed by atoms with Crippen molar-refractivity contribution >= 4 is 28.7 Å². The Morgan fingerprint density at radius 1 is 1.30 bits per heavy atom. The molecule has 0 aliphatic carbocycles. The summed E-state index contributed by atoms with van der Waals surface area (Å²) in [5.41, 5.74) is 2.24. The van der Waals surface area contributed by atoms with E-state index >= 15 is 0 Å². The molecular formula is C15H17N3S2. The van der Waals surface area contributed by atoms with Crippen LogP contribution in [0.1, 0.15) is 19.5 Å². The molecule has 3 nitrogen and oxygen atoms in total. The van der Waals surface area contributed by atoms with Crippen LogP contribution >= 0.6 is 23.1 Å². The predicted molar refractivity (Wildman–Crippen MR) is 85.6 cm³/mol. The Kier molecular flexibility index (Phi) is 4.10. The highest BCUT2D eigenvalue weighted by Crippen LogP contribution is 2.33. The Balaban J connectivity index is 1.98. The van der Waals surface area contributed by atoms with E-state index < -0.39 is 0 Å². The fourth-order valence-corrected chi connectivity index (χ4v) is 3.79. The Bertz CT molecular complexity index is 686. The van der Waals surface area contributed by atoms with Crippen molar-refractivity contribution in [3.63, 3.8) is 0 Å². The van der Waals surface area contributed by atoms with Crippen molar-refractivity contribution in [2.24, 2.45) is 0 Å². The number of thiophene rings is 1. The Hall–Kier alpha value is -1.30. The SMILES string of the molecule is CC(C)NCc1c(Sc2cccs2)nc2ccccn12. The smallest absolute Gasteiger partial charge is 0.138 e. The maximum Gasteiger partial charge on any atom is 0.138 e. The summed E-state index contributed by atoms with van der Waals surface area (Å²) in [6.45, 7) is 5.15. The minimum atomic E-state index is 0.462. The molecule has 3 aromatic rings. The Labute approximate surface area is 127 Å². The molecular weight excluding hydrogens is 286 g/mol. The lowest BCUT2D eigenvalue weighted by atomic mass is 10.3. The second-order valence-electron chi connectivity index (χ2n) is 4.86. The highest BCUT2D eigenvalue weighted by molar-refractivity contribution is 8.01. The van der Waals surface area contributed by atoms with Crippen LogP contribution < -0.4 is 5.32 Å². The van der Waals surface area contributed by atoms with E-state index in [0.717, 1.165) is 17.2 Å². The molecule has 0 fully saturated rings. The molecule has 1 N–H and O–H groups in total.